The Bertz CT molecular complexity index is 730. The molecule has 22 heavy (non-hydrogen) atoms. The number of ether oxygens (including phenoxy) is 1. The van der Waals surface area contributed by atoms with Gasteiger partial charge in [0.05, 0.1) is 19.9 Å². The van der Waals surface area contributed by atoms with E-state index in [9.17, 15) is 10.1 Å². The molecule has 0 spiro atoms. The van der Waals surface area contributed by atoms with E-state index in [1.165, 1.54) is 19.4 Å². The number of nitrogens with one attached hydrogen (secondary N) is 1. The normalized spacial score (nSPS) is 10.9. The van der Waals surface area contributed by atoms with Crippen LogP contribution in [0.25, 0.3) is 6.08 Å². The minimum absolute atomic E-state index is 0.0490. The van der Waals surface area contributed by atoms with E-state index in [1.54, 1.807) is 30.3 Å². The van der Waals surface area contributed by atoms with Crippen molar-refractivity contribution in [2.24, 2.45) is 0 Å². The first-order chi connectivity index (χ1) is 10.6. The molecule has 1 N–H and O–H groups in total. The molecule has 0 saturated heterocycles. The van der Waals surface area contributed by atoms with Crippen molar-refractivity contribution in [3.05, 3.63) is 58.5 Å². The molecule has 0 radical (unpaired) electrons. The molecule has 0 bridgehead atoms. The second kappa shape index (κ2) is 7.34. The molecule has 0 aliphatic heterocycles. The average molecular weight is 317 g/mol. The number of amides is 1. The molecule has 0 fully saturated rings. The van der Waals surface area contributed by atoms with E-state index in [0.29, 0.717) is 22.1 Å². The van der Waals surface area contributed by atoms with Crippen molar-refractivity contribution in [3.63, 3.8) is 0 Å². The summed E-state index contributed by atoms with van der Waals surface area (Å²) in [7, 11) is 1.50. The van der Waals surface area contributed by atoms with Crippen LogP contribution in [0, 0.1) is 11.3 Å². The molecule has 0 unspecified atom stereocenters. The van der Waals surface area contributed by atoms with Crippen molar-refractivity contribution in [2.45, 2.75) is 6.54 Å². The van der Waals surface area contributed by atoms with Crippen LogP contribution >= 0.6 is 11.6 Å². The van der Waals surface area contributed by atoms with Gasteiger partial charge < -0.3 is 14.5 Å². The summed E-state index contributed by atoms with van der Waals surface area (Å²) in [6.07, 6.45) is 2.95. The van der Waals surface area contributed by atoms with Gasteiger partial charge >= 0.3 is 0 Å². The first-order valence-electron chi connectivity index (χ1n) is 6.40. The van der Waals surface area contributed by atoms with Crippen LogP contribution < -0.4 is 10.1 Å². The molecule has 112 valence electrons. The Morgan fingerprint density at radius 3 is 2.95 bits per heavy atom. The molecule has 0 saturated carbocycles. The minimum atomic E-state index is -0.499. The second-order valence-corrected chi connectivity index (χ2v) is 4.75. The van der Waals surface area contributed by atoms with E-state index in [2.05, 4.69) is 5.32 Å². The second-order valence-electron chi connectivity index (χ2n) is 4.32. The maximum absolute atomic E-state index is 12.0. The molecule has 1 aromatic heterocycles. The Morgan fingerprint density at radius 2 is 2.32 bits per heavy atom. The maximum Gasteiger partial charge on any atom is 0.262 e. The fourth-order valence-corrected chi connectivity index (χ4v) is 1.98. The summed E-state index contributed by atoms with van der Waals surface area (Å²) in [4.78, 5) is 12.0. The van der Waals surface area contributed by atoms with Crippen LogP contribution in [-0.2, 0) is 11.3 Å². The molecule has 1 aromatic carbocycles. The van der Waals surface area contributed by atoms with Gasteiger partial charge in [0, 0.05) is 10.6 Å². The highest BCUT2D eigenvalue weighted by molar-refractivity contribution is 6.30. The lowest BCUT2D eigenvalue weighted by Gasteiger charge is -2.06. The van der Waals surface area contributed by atoms with Crippen molar-refractivity contribution in [1.82, 2.24) is 5.32 Å². The Hall–Kier alpha value is -2.71. The van der Waals surface area contributed by atoms with E-state index in [1.807, 2.05) is 6.07 Å². The van der Waals surface area contributed by atoms with Gasteiger partial charge in [-0.1, -0.05) is 11.6 Å². The fraction of sp³-hybridized carbons (Fsp3) is 0.125. The highest BCUT2D eigenvalue weighted by Crippen LogP contribution is 2.24. The van der Waals surface area contributed by atoms with Crippen LogP contribution in [0.4, 0.5) is 0 Å². The summed E-state index contributed by atoms with van der Waals surface area (Å²) in [5, 5.41) is 12.3. The fourth-order valence-electron chi connectivity index (χ4n) is 1.80. The van der Waals surface area contributed by atoms with Gasteiger partial charge in [-0.05, 0) is 36.4 Å². The summed E-state index contributed by atoms with van der Waals surface area (Å²) < 4.78 is 10.3. The number of carbonyl (C=O) groups excluding carboxylic acids is 1. The largest absolute Gasteiger partial charge is 0.496 e. The third kappa shape index (κ3) is 3.90. The summed E-state index contributed by atoms with van der Waals surface area (Å²) in [5.74, 6) is 0.628. The van der Waals surface area contributed by atoms with Crippen LogP contribution in [0.1, 0.15) is 11.3 Å². The molecule has 2 aromatic rings. The zero-order valence-corrected chi connectivity index (χ0v) is 12.6. The lowest BCUT2D eigenvalue weighted by molar-refractivity contribution is -0.117. The molecule has 0 aliphatic rings. The van der Waals surface area contributed by atoms with Crippen LogP contribution in [0.5, 0.6) is 5.75 Å². The van der Waals surface area contributed by atoms with E-state index in [0.717, 1.165) is 0 Å². The molecule has 0 atom stereocenters. The number of methoxy groups -OCH3 is 1. The van der Waals surface area contributed by atoms with Crippen LogP contribution in [0.2, 0.25) is 5.02 Å². The van der Waals surface area contributed by atoms with Crippen molar-refractivity contribution in [3.8, 4) is 11.8 Å². The van der Waals surface area contributed by atoms with E-state index in [-0.39, 0.29) is 12.1 Å². The highest BCUT2D eigenvalue weighted by Gasteiger charge is 2.11. The number of benzene rings is 1. The number of carbonyl (C=O) groups is 1. The van der Waals surface area contributed by atoms with Crippen molar-refractivity contribution in [2.75, 3.05) is 7.11 Å². The van der Waals surface area contributed by atoms with E-state index < -0.39 is 5.91 Å². The van der Waals surface area contributed by atoms with Gasteiger partial charge in [-0.25, -0.2) is 0 Å². The Labute approximate surface area is 132 Å². The molecular formula is C16H13ClN2O3. The number of halogens is 1. The van der Waals surface area contributed by atoms with E-state index in [4.69, 9.17) is 20.8 Å². The number of hydrogen-bond donors (Lipinski definition) is 1. The molecule has 5 nitrogen and oxygen atoms in total. The highest BCUT2D eigenvalue weighted by atomic mass is 35.5. The standard InChI is InChI=1S/C16H13ClN2O3/c1-21-15-5-4-13(17)8-11(15)7-12(9-18)16(20)19-10-14-3-2-6-22-14/h2-8H,10H2,1H3,(H,19,20)/b12-7-. The Kier molecular flexibility index (Phi) is 5.23. The smallest absolute Gasteiger partial charge is 0.262 e. The summed E-state index contributed by atoms with van der Waals surface area (Å²) >= 11 is 5.93. The van der Waals surface area contributed by atoms with Gasteiger partial charge in [0.25, 0.3) is 5.91 Å². The number of nitrogens with zero attached hydrogens (tertiary/aromatic N) is 1. The van der Waals surface area contributed by atoms with Crippen LogP contribution in [0.15, 0.2) is 46.6 Å². The third-order valence-corrected chi connectivity index (χ3v) is 3.10. The predicted octanol–water partition coefficient (Wildman–Crippen LogP) is 3.16. The maximum atomic E-state index is 12.0. The third-order valence-electron chi connectivity index (χ3n) is 2.86. The topological polar surface area (TPSA) is 75.3 Å². The number of hydrogen-bond acceptors (Lipinski definition) is 4. The number of rotatable bonds is 5. The lowest BCUT2D eigenvalue weighted by atomic mass is 10.1. The molecule has 2 rings (SSSR count). The molecule has 1 heterocycles. The average Bonchev–Trinajstić information content (AvgIpc) is 3.04. The monoisotopic (exact) mass is 316 g/mol. The van der Waals surface area contributed by atoms with Gasteiger partial charge in [0.15, 0.2) is 0 Å². The van der Waals surface area contributed by atoms with Crippen molar-refractivity contribution < 1.29 is 13.9 Å². The first-order valence-corrected chi connectivity index (χ1v) is 6.77. The molecule has 1 amide bonds. The quantitative estimate of drug-likeness (QED) is 0.679. The molecule has 0 aliphatic carbocycles. The Balaban J connectivity index is 2.18. The number of furan rings is 1. The van der Waals surface area contributed by atoms with Crippen molar-refractivity contribution >= 4 is 23.6 Å². The first kappa shape index (κ1) is 15.7. The Morgan fingerprint density at radius 1 is 1.50 bits per heavy atom. The van der Waals surface area contributed by atoms with Gasteiger partial charge in [-0.2, -0.15) is 5.26 Å². The summed E-state index contributed by atoms with van der Waals surface area (Å²) in [6.45, 7) is 0.206. The van der Waals surface area contributed by atoms with Crippen LogP contribution in [0.3, 0.4) is 0 Å². The zero-order valence-electron chi connectivity index (χ0n) is 11.8. The predicted molar refractivity (Wildman–Crippen MR) is 82.1 cm³/mol. The minimum Gasteiger partial charge on any atom is -0.496 e. The van der Waals surface area contributed by atoms with Crippen LogP contribution in [-0.4, -0.2) is 13.0 Å². The van der Waals surface area contributed by atoms with E-state index >= 15 is 0 Å². The summed E-state index contributed by atoms with van der Waals surface area (Å²) in [6, 6.07) is 10.3. The lowest BCUT2D eigenvalue weighted by Crippen LogP contribution is -2.23. The molecule has 6 heteroatoms. The summed E-state index contributed by atoms with van der Waals surface area (Å²) in [5.41, 5.74) is 0.506. The zero-order chi connectivity index (χ0) is 15.9. The van der Waals surface area contributed by atoms with Gasteiger partial charge in [-0.3, -0.25) is 4.79 Å². The van der Waals surface area contributed by atoms with Gasteiger partial charge in [-0.15, -0.1) is 0 Å². The van der Waals surface area contributed by atoms with Crippen molar-refractivity contribution in [1.29, 1.82) is 5.26 Å². The van der Waals surface area contributed by atoms with Gasteiger partial charge in [0.1, 0.15) is 23.2 Å². The molecular weight excluding hydrogens is 304 g/mol. The van der Waals surface area contributed by atoms with Gasteiger partial charge in [0.2, 0.25) is 0 Å². The number of nitriles is 1. The SMILES string of the molecule is COc1ccc(Cl)cc1/C=C(/C#N)C(=O)NCc1ccco1.